The highest BCUT2D eigenvalue weighted by Crippen LogP contribution is 2.31. The normalized spacial score (nSPS) is 23.8. The summed E-state index contributed by atoms with van der Waals surface area (Å²) in [5.41, 5.74) is 0. The van der Waals surface area contributed by atoms with E-state index in [1.807, 2.05) is 13.8 Å². The van der Waals surface area contributed by atoms with Crippen molar-refractivity contribution in [3.63, 3.8) is 0 Å². The van der Waals surface area contributed by atoms with E-state index in [-0.39, 0.29) is 12.4 Å². The second-order valence-corrected chi connectivity index (χ2v) is 7.50. The monoisotopic (exact) mass is 344 g/mol. The van der Waals surface area contributed by atoms with Gasteiger partial charge in [-0.1, -0.05) is 51.9 Å². The van der Waals surface area contributed by atoms with Crippen LogP contribution in [-0.2, 0) is 18.9 Å². The predicted molar refractivity (Wildman–Crippen MR) is 98.1 cm³/mol. The molecule has 0 bridgehead atoms. The SMILES string of the molecule is CCCCCCCCC[C@H]1C[C@@H](CCC(OC)OC)OC(C)(C)O1. The Hall–Kier alpha value is -0.160. The number of ether oxygens (including phenoxy) is 4. The van der Waals surface area contributed by atoms with Crippen LogP contribution in [0.3, 0.4) is 0 Å². The Morgan fingerprint density at radius 3 is 2.00 bits per heavy atom. The van der Waals surface area contributed by atoms with Gasteiger partial charge in [-0.15, -0.1) is 0 Å². The molecule has 0 aromatic heterocycles. The van der Waals surface area contributed by atoms with Gasteiger partial charge in [0.05, 0.1) is 12.2 Å². The van der Waals surface area contributed by atoms with E-state index in [9.17, 15) is 0 Å². The fourth-order valence-corrected chi connectivity index (χ4v) is 3.56. The molecule has 4 nitrogen and oxygen atoms in total. The minimum atomic E-state index is -0.482. The van der Waals surface area contributed by atoms with Crippen LogP contribution in [-0.4, -0.2) is 38.5 Å². The average molecular weight is 345 g/mol. The lowest BCUT2D eigenvalue weighted by Crippen LogP contribution is -2.44. The van der Waals surface area contributed by atoms with Gasteiger partial charge in [0.1, 0.15) is 0 Å². The molecule has 1 aliphatic rings. The maximum absolute atomic E-state index is 6.12. The zero-order valence-corrected chi connectivity index (χ0v) is 16.6. The summed E-state index contributed by atoms with van der Waals surface area (Å²) in [6.07, 6.45) is 13.8. The minimum absolute atomic E-state index is 0.138. The lowest BCUT2D eigenvalue weighted by molar-refractivity contribution is -0.302. The molecule has 1 aliphatic heterocycles. The molecule has 0 aliphatic carbocycles. The molecule has 0 N–H and O–H groups in total. The summed E-state index contributed by atoms with van der Waals surface area (Å²) in [6, 6.07) is 0. The Morgan fingerprint density at radius 2 is 1.42 bits per heavy atom. The molecule has 0 aromatic carbocycles. The van der Waals surface area contributed by atoms with Crippen LogP contribution in [0.4, 0.5) is 0 Å². The van der Waals surface area contributed by atoms with E-state index in [1.165, 1.54) is 44.9 Å². The molecule has 24 heavy (non-hydrogen) atoms. The van der Waals surface area contributed by atoms with Crippen molar-refractivity contribution in [1.29, 1.82) is 0 Å². The maximum atomic E-state index is 6.12. The lowest BCUT2D eigenvalue weighted by atomic mass is 9.98. The van der Waals surface area contributed by atoms with Crippen molar-refractivity contribution < 1.29 is 18.9 Å². The molecule has 0 saturated carbocycles. The molecule has 0 spiro atoms. The molecule has 1 heterocycles. The van der Waals surface area contributed by atoms with Gasteiger partial charge in [-0.25, -0.2) is 0 Å². The molecule has 0 aromatic rings. The van der Waals surface area contributed by atoms with E-state index in [0.29, 0.717) is 6.10 Å². The zero-order valence-electron chi connectivity index (χ0n) is 16.6. The van der Waals surface area contributed by atoms with Gasteiger partial charge < -0.3 is 18.9 Å². The fourth-order valence-electron chi connectivity index (χ4n) is 3.56. The average Bonchev–Trinajstić information content (AvgIpc) is 2.53. The van der Waals surface area contributed by atoms with E-state index in [4.69, 9.17) is 18.9 Å². The number of hydrogen-bond donors (Lipinski definition) is 0. The molecule has 4 heteroatoms. The van der Waals surface area contributed by atoms with Crippen LogP contribution in [0.5, 0.6) is 0 Å². The lowest BCUT2D eigenvalue weighted by Gasteiger charge is -2.41. The summed E-state index contributed by atoms with van der Waals surface area (Å²) in [5, 5.41) is 0. The molecule has 0 unspecified atom stereocenters. The van der Waals surface area contributed by atoms with Crippen molar-refractivity contribution in [2.45, 2.75) is 116 Å². The first-order valence-electron chi connectivity index (χ1n) is 9.92. The highest BCUT2D eigenvalue weighted by atomic mass is 16.7. The van der Waals surface area contributed by atoms with Gasteiger partial charge >= 0.3 is 0 Å². The van der Waals surface area contributed by atoms with Gasteiger partial charge in [0.25, 0.3) is 0 Å². The Kier molecular flexibility index (Phi) is 11.2. The van der Waals surface area contributed by atoms with Gasteiger partial charge in [-0.05, 0) is 26.7 Å². The van der Waals surface area contributed by atoms with Crippen LogP contribution >= 0.6 is 0 Å². The Morgan fingerprint density at radius 1 is 0.875 bits per heavy atom. The topological polar surface area (TPSA) is 36.9 Å². The van der Waals surface area contributed by atoms with Gasteiger partial charge in [0, 0.05) is 27.1 Å². The molecular formula is C20H40O4. The van der Waals surface area contributed by atoms with Crippen molar-refractivity contribution in [1.82, 2.24) is 0 Å². The first-order chi connectivity index (χ1) is 11.5. The Balaban J connectivity index is 2.26. The van der Waals surface area contributed by atoms with Crippen LogP contribution < -0.4 is 0 Å². The highest BCUT2D eigenvalue weighted by molar-refractivity contribution is 4.77. The van der Waals surface area contributed by atoms with Gasteiger partial charge in [0.2, 0.25) is 0 Å². The van der Waals surface area contributed by atoms with Gasteiger partial charge in [-0.2, -0.15) is 0 Å². The van der Waals surface area contributed by atoms with Gasteiger partial charge in [-0.3, -0.25) is 0 Å². The second kappa shape index (κ2) is 12.2. The molecule has 1 saturated heterocycles. The van der Waals surface area contributed by atoms with E-state index in [1.54, 1.807) is 14.2 Å². The summed E-state index contributed by atoms with van der Waals surface area (Å²) in [5.74, 6) is -0.482. The smallest absolute Gasteiger partial charge is 0.163 e. The first-order valence-corrected chi connectivity index (χ1v) is 9.92. The third kappa shape index (κ3) is 9.36. The molecule has 144 valence electrons. The van der Waals surface area contributed by atoms with Crippen LogP contribution in [0.25, 0.3) is 0 Å². The molecule has 1 rings (SSSR count). The van der Waals surface area contributed by atoms with Crippen LogP contribution in [0.1, 0.15) is 91.4 Å². The molecule has 0 radical (unpaired) electrons. The summed E-state index contributed by atoms with van der Waals surface area (Å²) >= 11 is 0. The number of rotatable bonds is 13. The Bertz CT molecular complexity index is 302. The van der Waals surface area contributed by atoms with Gasteiger partial charge in [0.15, 0.2) is 12.1 Å². The zero-order chi connectivity index (χ0) is 17.8. The van der Waals surface area contributed by atoms with Crippen LogP contribution in [0, 0.1) is 0 Å². The van der Waals surface area contributed by atoms with Crippen molar-refractivity contribution in [2.75, 3.05) is 14.2 Å². The number of hydrogen-bond acceptors (Lipinski definition) is 4. The van der Waals surface area contributed by atoms with Crippen LogP contribution in [0.15, 0.2) is 0 Å². The minimum Gasteiger partial charge on any atom is -0.356 e. The standard InChI is InChI=1S/C20H40O4/c1-6-7-8-9-10-11-12-13-17-16-18(24-20(2,3)23-17)14-15-19(21-4)22-5/h17-19H,6-16H2,1-5H3/t17-,18+/m0/s1. The molecular weight excluding hydrogens is 304 g/mol. The third-order valence-corrected chi connectivity index (χ3v) is 4.81. The van der Waals surface area contributed by atoms with E-state index in [2.05, 4.69) is 6.92 Å². The van der Waals surface area contributed by atoms with E-state index < -0.39 is 5.79 Å². The number of unbranched alkanes of at least 4 members (excludes halogenated alkanes) is 6. The third-order valence-electron chi connectivity index (χ3n) is 4.81. The van der Waals surface area contributed by atoms with Crippen molar-refractivity contribution in [3.8, 4) is 0 Å². The molecule has 0 amide bonds. The van der Waals surface area contributed by atoms with Crippen LogP contribution in [0.2, 0.25) is 0 Å². The quantitative estimate of drug-likeness (QED) is 0.329. The first kappa shape index (κ1) is 21.9. The van der Waals surface area contributed by atoms with E-state index in [0.717, 1.165) is 25.7 Å². The highest BCUT2D eigenvalue weighted by Gasteiger charge is 2.35. The Labute approximate surface area is 149 Å². The van der Waals surface area contributed by atoms with Crippen molar-refractivity contribution >= 4 is 0 Å². The summed E-state index contributed by atoms with van der Waals surface area (Å²) in [6.45, 7) is 6.32. The summed E-state index contributed by atoms with van der Waals surface area (Å²) in [7, 11) is 3.37. The molecule has 2 atom stereocenters. The summed E-state index contributed by atoms with van der Waals surface area (Å²) in [4.78, 5) is 0. The van der Waals surface area contributed by atoms with E-state index >= 15 is 0 Å². The largest absolute Gasteiger partial charge is 0.356 e. The summed E-state index contributed by atoms with van der Waals surface area (Å²) < 4.78 is 22.8. The van der Waals surface area contributed by atoms with Crippen molar-refractivity contribution in [2.24, 2.45) is 0 Å². The van der Waals surface area contributed by atoms with Crippen molar-refractivity contribution in [3.05, 3.63) is 0 Å². The maximum Gasteiger partial charge on any atom is 0.163 e. The predicted octanol–water partition coefficient (Wildman–Crippen LogP) is 5.44. The second-order valence-electron chi connectivity index (χ2n) is 7.50. The molecule has 1 fully saturated rings. The fraction of sp³-hybridized carbons (Fsp3) is 1.00. The number of methoxy groups -OCH3 is 2.